The van der Waals surface area contributed by atoms with Crippen molar-refractivity contribution in [2.24, 2.45) is 0 Å². The Morgan fingerprint density at radius 2 is 2.05 bits per heavy atom. The molecule has 0 aromatic carbocycles. The summed E-state index contributed by atoms with van der Waals surface area (Å²) < 4.78 is 1.89. The maximum absolute atomic E-state index is 12.6. The first-order valence-corrected chi connectivity index (χ1v) is 7.25. The van der Waals surface area contributed by atoms with E-state index in [1.807, 2.05) is 41.6 Å². The van der Waals surface area contributed by atoms with Gasteiger partial charge in [0, 0.05) is 24.8 Å². The number of aryl methyl sites for hydroxylation is 1. The number of aromatic nitrogens is 3. The van der Waals surface area contributed by atoms with Crippen LogP contribution in [0.15, 0.2) is 18.3 Å². The van der Waals surface area contributed by atoms with E-state index in [4.69, 9.17) is 0 Å². The Balaban J connectivity index is 1.83. The lowest BCUT2D eigenvalue weighted by atomic mass is 9.94. The predicted molar refractivity (Wildman–Crippen MR) is 76.7 cm³/mol. The fourth-order valence-electron chi connectivity index (χ4n) is 2.98. The number of pyridine rings is 1. The van der Waals surface area contributed by atoms with Crippen molar-refractivity contribution < 1.29 is 4.79 Å². The van der Waals surface area contributed by atoms with Crippen LogP contribution in [0.3, 0.4) is 0 Å². The van der Waals surface area contributed by atoms with Gasteiger partial charge in [-0.1, -0.05) is 19.3 Å². The van der Waals surface area contributed by atoms with Gasteiger partial charge in [0.2, 0.25) is 0 Å². The Labute approximate surface area is 118 Å². The van der Waals surface area contributed by atoms with E-state index in [1.54, 1.807) is 0 Å². The molecular formula is C15H20N4O. The van der Waals surface area contributed by atoms with Gasteiger partial charge < -0.3 is 4.90 Å². The number of amides is 1. The van der Waals surface area contributed by atoms with Gasteiger partial charge in [-0.3, -0.25) is 9.20 Å². The van der Waals surface area contributed by atoms with Crippen LogP contribution in [-0.4, -0.2) is 38.5 Å². The molecule has 2 aromatic rings. The highest BCUT2D eigenvalue weighted by molar-refractivity contribution is 5.95. The minimum atomic E-state index is 0.0834. The van der Waals surface area contributed by atoms with E-state index in [2.05, 4.69) is 10.2 Å². The molecule has 0 spiro atoms. The quantitative estimate of drug-likeness (QED) is 0.843. The molecule has 0 saturated heterocycles. The number of carbonyl (C=O) groups is 1. The van der Waals surface area contributed by atoms with Gasteiger partial charge in [-0.2, -0.15) is 0 Å². The summed E-state index contributed by atoms with van der Waals surface area (Å²) in [4.78, 5) is 14.5. The molecule has 1 aliphatic carbocycles. The molecule has 0 bridgehead atoms. The third-order valence-corrected chi connectivity index (χ3v) is 4.27. The standard InChI is InChI=1S/C15H20N4O/c1-11-16-17-14-10-12(8-9-19(11)14)15(20)18(2)13-6-4-3-5-7-13/h8-10,13H,3-7H2,1-2H3. The summed E-state index contributed by atoms with van der Waals surface area (Å²) in [6.07, 6.45) is 7.86. The summed E-state index contributed by atoms with van der Waals surface area (Å²) >= 11 is 0. The fourth-order valence-corrected chi connectivity index (χ4v) is 2.98. The van der Waals surface area contributed by atoms with E-state index >= 15 is 0 Å². The lowest BCUT2D eigenvalue weighted by molar-refractivity contribution is 0.0696. The van der Waals surface area contributed by atoms with Crippen LogP contribution in [0, 0.1) is 6.92 Å². The number of hydrogen-bond donors (Lipinski definition) is 0. The van der Waals surface area contributed by atoms with Crippen molar-refractivity contribution in [3.63, 3.8) is 0 Å². The van der Waals surface area contributed by atoms with Gasteiger partial charge in [-0.05, 0) is 31.9 Å². The van der Waals surface area contributed by atoms with E-state index in [0.717, 1.165) is 24.3 Å². The van der Waals surface area contributed by atoms with Crippen molar-refractivity contribution in [3.8, 4) is 0 Å². The molecule has 0 unspecified atom stereocenters. The van der Waals surface area contributed by atoms with Gasteiger partial charge in [0.15, 0.2) is 5.65 Å². The van der Waals surface area contributed by atoms with Crippen LogP contribution in [0.5, 0.6) is 0 Å². The van der Waals surface area contributed by atoms with Gasteiger partial charge in [0.25, 0.3) is 5.91 Å². The van der Waals surface area contributed by atoms with Crippen LogP contribution in [0.4, 0.5) is 0 Å². The Morgan fingerprint density at radius 3 is 2.80 bits per heavy atom. The lowest BCUT2D eigenvalue weighted by Crippen LogP contribution is -2.38. The minimum absolute atomic E-state index is 0.0834. The largest absolute Gasteiger partial charge is 0.339 e. The predicted octanol–water partition coefficient (Wildman–Crippen LogP) is 2.44. The fraction of sp³-hybridized carbons (Fsp3) is 0.533. The third kappa shape index (κ3) is 2.28. The SMILES string of the molecule is Cc1nnc2cc(C(=O)N(C)C3CCCCC3)ccn12. The molecule has 3 rings (SSSR count). The van der Waals surface area contributed by atoms with E-state index in [1.165, 1.54) is 19.3 Å². The first-order chi connectivity index (χ1) is 9.66. The van der Waals surface area contributed by atoms with Gasteiger partial charge in [-0.15, -0.1) is 10.2 Å². The minimum Gasteiger partial charge on any atom is -0.339 e. The van der Waals surface area contributed by atoms with Gasteiger partial charge in [-0.25, -0.2) is 0 Å². The Bertz CT molecular complexity index is 628. The summed E-state index contributed by atoms with van der Waals surface area (Å²) in [5, 5.41) is 8.09. The summed E-state index contributed by atoms with van der Waals surface area (Å²) in [7, 11) is 1.91. The second-order valence-electron chi connectivity index (χ2n) is 5.60. The number of hydrogen-bond acceptors (Lipinski definition) is 3. The van der Waals surface area contributed by atoms with Crippen molar-refractivity contribution in [1.29, 1.82) is 0 Å². The first-order valence-electron chi connectivity index (χ1n) is 7.25. The summed E-state index contributed by atoms with van der Waals surface area (Å²) in [5.41, 5.74) is 1.42. The van der Waals surface area contributed by atoms with Crippen molar-refractivity contribution >= 4 is 11.6 Å². The van der Waals surface area contributed by atoms with E-state index < -0.39 is 0 Å². The maximum Gasteiger partial charge on any atom is 0.254 e. The first kappa shape index (κ1) is 13.1. The molecule has 0 N–H and O–H groups in total. The van der Waals surface area contributed by atoms with Crippen molar-refractivity contribution in [2.75, 3.05) is 7.05 Å². The molecule has 5 nitrogen and oxygen atoms in total. The van der Waals surface area contributed by atoms with E-state index in [0.29, 0.717) is 11.6 Å². The Kier molecular flexibility index (Phi) is 3.42. The van der Waals surface area contributed by atoms with E-state index in [-0.39, 0.29) is 5.91 Å². The molecule has 1 saturated carbocycles. The van der Waals surface area contributed by atoms with Crippen LogP contribution < -0.4 is 0 Å². The number of rotatable bonds is 2. The zero-order valence-electron chi connectivity index (χ0n) is 12.0. The molecule has 1 amide bonds. The average Bonchev–Trinajstić information content (AvgIpc) is 2.87. The van der Waals surface area contributed by atoms with Crippen LogP contribution >= 0.6 is 0 Å². The molecular weight excluding hydrogens is 252 g/mol. The average molecular weight is 272 g/mol. The molecule has 2 aromatic heterocycles. The molecule has 0 atom stereocenters. The highest BCUT2D eigenvalue weighted by atomic mass is 16.2. The molecule has 1 fully saturated rings. The Morgan fingerprint density at radius 1 is 1.30 bits per heavy atom. The molecule has 20 heavy (non-hydrogen) atoms. The zero-order valence-corrected chi connectivity index (χ0v) is 12.0. The maximum atomic E-state index is 12.6. The smallest absolute Gasteiger partial charge is 0.254 e. The molecule has 1 aliphatic rings. The third-order valence-electron chi connectivity index (χ3n) is 4.27. The number of fused-ring (bicyclic) bond motifs is 1. The van der Waals surface area contributed by atoms with Crippen LogP contribution in [0.2, 0.25) is 0 Å². The normalized spacial score (nSPS) is 16.5. The van der Waals surface area contributed by atoms with Gasteiger partial charge in [0.1, 0.15) is 5.82 Å². The van der Waals surface area contributed by atoms with Crippen LogP contribution in [0.1, 0.15) is 48.3 Å². The highest BCUT2D eigenvalue weighted by Gasteiger charge is 2.23. The second kappa shape index (κ2) is 5.23. The van der Waals surface area contributed by atoms with Gasteiger partial charge in [0.05, 0.1) is 0 Å². The topological polar surface area (TPSA) is 50.5 Å². The molecule has 0 aliphatic heterocycles. The molecule has 106 valence electrons. The number of carbonyl (C=O) groups excluding carboxylic acids is 1. The van der Waals surface area contributed by atoms with Crippen LogP contribution in [-0.2, 0) is 0 Å². The van der Waals surface area contributed by atoms with Crippen molar-refractivity contribution in [2.45, 2.75) is 45.1 Å². The molecule has 5 heteroatoms. The summed E-state index contributed by atoms with van der Waals surface area (Å²) in [5.74, 6) is 0.916. The monoisotopic (exact) mass is 272 g/mol. The van der Waals surface area contributed by atoms with Crippen LogP contribution in [0.25, 0.3) is 5.65 Å². The lowest BCUT2D eigenvalue weighted by Gasteiger charge is -2.31. The summed E-state index contributed by atoms with van der Waals surface area (Å²) in [6.45, 7) is 1.90. The molecule has 0 radical (unpaired) electrons. The zero-order chi connectivity index (χ0) is 14.1. The van der Waals surface area contributed by atoms with Crippen molar-refractivity contribution in [3.05, 3.63) is 29.7 Å². The Hall–Kier alpha value is -1.91. The van der Waals surface area contributed by atoms with Crippen molar-refractivity contribution in [1.82, 2.24) is 19.5 Å². The van der Waals surface area contributed by atoms with E-state index in [9.17, 15) is 4.79 Å². The van der Waals surface area contributed by atoms with Gasteiger partial charge >= 0.3 is 0 Å². The number of nitrogens with zero attached hydrogens (tertiary/aromatic N) is 4. The molecule has 2 heterocycles. The second-order valence-corrected chi connectivity index (χ2v) is 5.60. The highest BCUT2D eigenvalue weighted by Crippen LogP contribution is 2.23. The summed E-state index contributed by atoms with van der Waals surface area (Å²) in [6, 6.07) is 4.05.